The van der Waals surface area contributed by atoms with E-state index in [1.165, 1.54) is 6.08 Å². The number of likely N-dealkylation sites (tertiary alicyclic amines) is 1. The topological polar surface area (TPSA) is 77.9 Å². The Balaban J connectivity index is 1.77. The zero-order chi connectivity index (χ0) is 18.8. The van der Waals surface area contributed by atoms with E-state index in [-0.39, 0.29) is 23.1 Å². The number of nitrogens with zero attached hydrogens (tertiary/aromatic N) is 2. The van der Waals surface area contributed by atoms with Gasteiger partial charge in [0, 0.05) is 23.1 Å². The summed E-state index contributed by atoms with van der Waals surface area (Å²) < 4.78 is 1.38. The molecule has 2 fully saturated rings. The van der Waals surface area contributed by atoms with E-state index in [2.05, 4.69) is 15.9 Å². The first-order valence-corrected chi connectivity index (χ1v) is 10.8. The van der Waals surface area contributed by atoms with Gasteiger partial charge in [0.25, 0.3) is 11.1 Å². The molecule has 1 N–H and O–H groups in total. The van der Waals surface area contributed by atoms with Crippen LogP contribution in [0.5, 0.6) is 5.75 Å². The Morgan fingerprint density at radius 3 is 2.65 bits per heavy atom. The minimum absolute atomic E-state index is 0.0463. The van der Waals surface area contributed by atoms with Gasteiger partial charge in [0.15, 0.2) is 0 Å². The fraction of sp³-hybridized carbons (Fsp3) is 0.353. The molecule has 0 saturated carbocycles. The van der Waals surface area contributed by atoms with E-state index in [0.29, 0.717) is 22.2 Å². The molecule has 9 heteroatoms. The second-order valence-electron chi connectivity index (χ2n) is 6.03. The number of thioether (sulfide) groups is 1. The van der Waals surface area contributed by atoms with Gasteiger partial charge in [0.05, 0.1) is 8.48 Å². The Labute approximate surface area is 177 Å². The van der Waals surface area contributed by atoms with Crippen LogP contribution in [-0.4, -0.2) is 51.6 Å². The van der Waals surface area contributed by atoms with Gasteiger partial charge in [-0.05, 0) is 71.8 Å². The van der Waals surface area contributed by atoms with Crippen molar-refractivity contribution in [3.05, 3.63) is 30.6 Å². The maximum absolute atomic E-state index is 12.6. The summed E-state index contributed by atoms with van der Waals surface area (Å²) in [5.41, 5.74) is 0.441. The quantitative estimate of drug-likeness (QED) is 0.457. The predicted molar refractivity (Wildman–Crippen MR) is 112 cm³/mol. The van der Waals surface area contributed by atoms with Crippen molar-refractivity contribution in [1.82, 2.24) is 9.80 Å². The summed E-state index contributed by atoms with van der Waals surface area (Å²) in [4.78, 5) is 40.0. The number of amides is 3. The molecule has 0 spiro atoms. The first-order chi connectivity index (χ1) is 12.4. The van der Waals surface area contributed by atoms with Crippen LogP contribution in [0.15, 0.2) is 21.5 Å². The van der Waals surface area contributed by atoms with Crippen LogP contribution in [0.25, 0.3) is 6.08 Å². The fourth-order valence-electron chi connectivity index (χ4n) is 2.85. The standard InChI is InChI=1S/C17H16BrIN2O4S/c18-11-6-10(15(23)12(19)8-11)7-13-16(24)21(17(25)26-13)9-14(22)20-4-2-1-3-5-20/h6-8,23H,1-5,9H2/b13-7+. The summed E-state index contributed by atoms with van der Waals surface area (Å²) in [5.74, 6) is -0.655. The highest BCUT2D eigenvalue weighted by Gasteiger charge is 2.37. The molecule has 2 saturated heterocycles. The summed E-state index contributed by atoms with van der Waals surface area (Å²) in [6, 6.07) is 3.42. The highest BCUT2D eigenvalue weighted by molar-refractivity contribution is 14.1. The van der Waals surface area contributed by atoms with Gasteiger partial charge >= 0.3 is 0 Å². The lowest BCUT2D eigenvalue weighted by Crippen LogP contribution is -2.44. The SMILES string of the molecule is O=C(CN1C(=O)S/C(=C/c2cc(Br)cc(I)c2O)C1=O)N1CCCCC1. The first-order valence-electron chi connectivity index (χ1n) is 8.08. The number of piperidine rings is 1. The van der Waals surface area contributed by atoms with E-state index in [0.717, 1.165) is 40.4 Å². The highest BCUT2D eigenvalue weighted by Crippen LogP contribution is 2.36. The molecule has 3 rings (SSSR count). The second kappa shape index (κ2) is 8.30. The fourth-order valence-corrected chi connectivity index (χ4v) is 5.23. The molecular formula is C17H16BrIN2O4S. The van der Waals surface area contributed by atoms with Crippen molar-refractivity contribution < 1.29 is 19.5 Å². The lowest BCUT2D eigenvalue weighted by Gasteiger charge is -2.27. The third-order valence-corrected chi connectivity index (χ3v) is 6.41. The lowest BCUT2D eigenvalue weighted by molar-refractivity contribution is -0.136. The van der Waals surface area contributed by atoms with Crippen molar-refractivity contribution in [1.29, 1.82) is 0 Å². The maximum atomic E-state index is 12.6. The third kappa shape index (κ3) is 4.25. The molecule has 6 nitrogen and oxygen atoms in total. The highest BCUT2D eigenvalue weighted by atomic mass is 127. The van der Waals surface area contributed by atoms with E-state index in [9.17, 15) is 19.5 Å². The number of carbonyl (C=O) groups excluding carboxylic acids is 3. The van der Waals surface area contributed by atoms with Crippen molar-refractivity contribution in [3.63, 3.8) is 0 Å². The van der Waals surface area contributed by atoms with Crippen molar-refractivity contribution in [2.24, 2.45) is 0 Å². The molecule has 26 heavy (non-hydrogen) atoms. The number of rotatable bonds is 3. The molecule has 0 unspecified atom stereocenters. The molecule has 0 atom stereocenters. The molecule has 3 amide bonds. The van der Waals surface area contributed by atoms with Gasteiger partial charge in [0.2, 0.25) is 5.91 Å². The van der Waals surface area contributed by atoms with Gasteiger partial charge in [-0.15, -0.1) is 0 Å². The molecule has 0 radical (unpaired) electrons. The smallest absolute Gasteiger partial charge is 0.294 e. The van der Waals surface area contributed by atoms with Crippen molar-refractivity contribution in [2.75, 3.05) is 19.6 Å². The Morgan fingerprint density at radius 1 is 1.27 bits per heavy atom. The summed E-state index contributed by atoms with van der Waals surface area (Å²) >= 11 is 6.12. The number of benzene rings is 1. The average Bonchev–Trinajstić information content (AvgIpc) is 2.87. The molecular weight excluding hydrogens is 535 g/mol. The number of halogens is 2. The summed E-state index contributed by atoms with van der Waals surface area (Å²) in [6.07, 6.45) is 4.49. The number of carbonyl (C=O) groups is 3. The van der Waals surface area contributed by atoms with Crippen LogP contribution in [0.1, 0.15) is 24.8 Å². The van der Waals surface area contributed by atoms with E-state index < -0.39 is 11.1 Å². The molecule has 2 aliphatic rings. The number of hydrogen-bond donors (Lipinski definition) is 1. The van der Waals surface area contributed by atoms with E-state index in [1.54, 1.807) is 17.0 Å². The number of phenols is 1. The predicted octanol–water partition coefficient (Wildman–Crippen LogP) is 3.81. The summed E-state index contributed by atoms with van der Waals surface area (Å²) in [6.45, 7) is 1.12. The van der Waals surface area contributed by atoms with Crippen LogP contribution in [-0.2, 0) is 9.59 Å². The molecule has 2 heterocycles. The average molecular weight is 551 g/mol. The minimum Gasteiger partial charge on any atom is -0.506 e. The minimum atomic E-state index is -0.500. The van der Waals surface area contributed by atoms with Gasteiger partial charge < -0.3 is 10.0 Å². The molecule has 138 valence electrons. The molecule has 0 bridgehead atoms. The number of phenolic OH excluding ortho intramolecular Hbond substituents is 1. The van der Waals surface area contributed by atoms with Crippen LogP contribution < -0.4 is 0 Å². The molecule has 1 aromatic carbocycles. The maximum Gasteiger partial charge on any atom is 0.294 e. The monoisotopic (exact) mass is 550 g/mol. The van der Waals surface area contributed by atoms with Gasteiger partial charge in [-0.25, -0.2) is 0 Å². The van der Waals surface area contributed by atoms with Crippen molar-refractivity contribution in [2.45, 2.75) is 19.3 Å². The Hall–Kier alpha value is -1.07. The Kier molecular flexibility index (Phi) is 6.29. The Morgan fingerprint density at radius 2 is 1.96 bits per heavy atom. The van der Waals surface area contributed by atoms with Crippen LogP contribution in [0.3, 0.4) is 0 Å². The van der Waals surface area contributed by atoms with E-state index >= 15 is 0 Å². The molecule has 0 aromatic heterocycles. The first kappa shape index (κ1) is 19.7. The second-order valence-corrected chi connectivity index (χ2v) is 9.11. The van der Waals surface area contributed by atoms with E-state index in [1.807, 2.05) is 22.6 Å². The molecule has 2 aliphatic heterocycles. The van der Waals surface area contributed by atoms with Gasteiger partial charge in [0.1, 0.15) is 12.3 Å². The molecule has 1 aromatic rings. The number of hydrogen-bond acceptors (Lipinski definition) is 5. The third-order valence-electron chi connectivity index (χ3n) is 4.22. The van der Waals surface area contributed by atoms with Crippen LogP contribution in [0.4, 0.5) is 4.79 Å². The summed E-state index contributed by atoms with van der Waals surface area (Å²) in [7, 11) is 0. The molecule has 0 aliphatic carbocycles. The number of imide groups is 1. The number of aromatic hydroxyl groups is 1. The van der Waals surface area contributed by atoms with Crippen molar-refractivity contribution >= 4 is 73.4 Å². The van der Waals surface area contributed by atoms with Gasteiger partial charge in [-0.2, -0.15) is 0 Å². The van der Waals surface area contributed by atoms with Crippen LogP contribution >= 0.6 is 50.3 Å². The zero-order valence-corrected chi connectivity index (χ0v) is 18.3. The van der Waals surface area contributed by atoms with Crippen LogP contribution in [0, 0.1) is 3.57 Å². The van der Waals surface area contributed by atoms with Gasteiger partial charge in [-0.3, -0.25) is 19.3 Å². The summed E-state index contributed by atoms with van der Waals surface area (Å²) in [5, 5.41) is 9.70. The van der Waals surface area contributed by atoms with E-state index in [4.69, 9.17) is 0 Å². The van der Waals surface area contributed by atoms with Crippen LogP contribution in [0.2, 0.25) is 0 Å². The normalized spacial score (nSPS) is 19.5. The lowest BCUT2D eigenvalue weighted by atomic mass is 10.1. The van der Waals surface area contributed by atoms with Crippen molar-refractivity contribution in [3.8, 4) is 5.75 Å². The largest absolute Gasteiger partial charge is 0.506 e. The zero-order valence-electron chi connectivity index (χ0n) is 13.7. The van der Waals surface area contributed by atoms with Gasteiger partial charge in [-0.1, -0.05) is 15.9 Å². The Bertz CT molecular complexity index is 808.